The van der Waals surface area contributed by atoms with Crippen molar-refractivity contribution in [1.82, 2.24) is 20.1 Å². The maximum Gasteiger partial charge on any atom is 0.178 e. The summed E-state index contributed by atoms with van der Waals surface area (Å²) in [7, 11) is -1.37. The third-order valence-electron chi connectivity index (χ3n) is 2.92. The highest BCUT2D eigenvalue weighted by Crippen LogP contribution is 2.15. The summed E-state index contributed by atoms with van der Waals surface area (Å²) in [6.45, 7) is 2.03. The van der Waals surface area contributed by atoms with Crippen LogP contribution in [0.4, 0.5) is 0 Å². The molecule has 0 aliphatic carbocycles. The van der Waals surface area contributed by atoms with Crippen LogP contribution in [0, 0.1) is 0 Å². The van der Waals surface area contributed by atoms with Gasteiger partial charge in [0.25, 0.3) is 0 Å². The Morgan fingerprint density at radius 1 is 1.42 bits per heavy atom. The Morgan fingerprint density at radius 2 is 2.16 bits per heavy atom. The van der Waals surface area contributed by atoms with Gasteiger partial charge in [-0.05, 0) is 31.7 Å². The van der Waals surface area contributed by atoms with Crippen LogP contribution in [0.3, 0.4) is 0 Å². The van der Waals surface area contributed by atoms with Gasteiger partial charge in [0.1, 0.15) is 4.90 Å². The smallest absolute Gasteiger partial charge is 0.178 e. The van der Waals surface area contributed by atoms with Gasteiger partial charge in [0.2, 0.25) is 0 Å². The van der Waals surface area contributed by atoms with Crippen molar-refractivity contribution in [2.24, 2.45) is 0 Å². The maximum absolute atomic E-state index is 11.4. The lowest BCUT2D eigenvalue weighted by atomic mass is 10.1. The fraction of sp³-hybridized carbons (Fsp3) is 0.333. The molecule has 1 N–H and O–H groups in total. The van der Waals surface area contributed by atoms with Gasteiger partial charge in [-0.25, -0.2) is 18.1 Å². The van der Waals surface area contributed by atoms with Crippen LogP contribution in [0.25, 0.3) is 5.82 Å². The Kier molecular flexibility index (Phi) is 3.68. The molecule has 2 aromatic heterocycles. The average molecular weight is 280 g/mol. The van der Waals surface area contributed by atoms with Crippen LogP contribution in [0.15, 0.2) is 35.6 Å². The van der Waals surface area contributed by atoms with Crippen molar-refractivity contribution in [3.63, 3.8) is 0 Å². The van der Waals surface area contributed by atoms with Gasteiger partial charge in [0.15, 0.2) is 15.7 Å². The molecule has 7 heteroatoms. The van der Waals surface area contributed by atoms with E-state index in [0.29, 0.717) is 5.82 Å². The van der Waals surface area contributed by atoms with Gasteiger partial charge in [-0.2, -0.15) is 5.10 Å². The van der Waals surface area contributed by atoms with E-state index in [1.54, 1.807) is 6.20 Å². The second kappa shape index (κ2) is 5.10. The molecular formula is C12H16N4O2S. The van der Waals surface area contributed by atoms with Crippen molar-refractivity contribution < 1.29 is 8.42 Å². The number of nitrogens with one attached hydrogen (secondary N) is 1. The lowest BCUT2D eigenvalue weighted by Crippen LogP contribution is -2.13. The molecule has 0 saturated carbocycles. The SMILES string of the molecule is CNC(C)c1ccnc(-n2cc(S(C)(=O)=O)cn2)c1. The first-order valence-corrected chi connectivity index (χ1v) is 7.69. The predicted molar refractivity (Wildman–Crippen MR) is 71.9 cm³/mol. The van der Waals surface area contributed by atoms with E-state index in [0.717, 1.165) is 11.8 Å². The summed E-state index contributed by atoms with van der Waals surface area (Å²) in [5.74, 6) is 0.592. The van der Waals surface area contributed by atoms with Gasteiger partial charge in [-0.3, -0.25) is 0 Å². The van der Waals surface area contributed by atoms with Gasteiger partial charge < -0.3 is 5.32 Å². The fourth-order valence-electron chi connectivity index (χ4n) is 1.62. The van der Waals surface area contributed by atoms with Crippen LogP contribution in [0.1, 0.15) is 18.5 Å². The van der Waals surface area contributed by atoms with Crippen LogP contribution >= 0.6 is 0 Å². The average Bonchev–Trinajstić information content (AvgIpc) is 2.87. The standard InChI is InChI=1S/C12H16N4O2S/c1-9(13-2)10-4-5-14-12(6-10)16-8-11(7-15-16)19(3,17)18/h4-9,13H,1-3H3. The highest BCUT2D eigenvalue weighted by molar-refractivity contribution is 7.90. The minimum Gasteiger partial charge on any atom is -0.313 e. The van der Waals surface area contributed by atoms with Crippen LogP contribution in [0.5, 0.6) is 0 Å². The topological polar surface area (TPSA) is 76.9 Å². The van der Waals surface area contributed by atoms with E-state index in [1.807, 2.05) is 26.1 Å². The van der Waals surface area contributed by atoms with Gasteiger partial charge >= 0.3 is 0 Å². The minimum absolute atomic E-state index is 0.182. The summed E-state index contributed by atoms with van der Waals surface area (Å²) in [5.41, 5.74) is 1.06. The van der Waals surface area contributed by atoms with Gasteiger partial charge in [-0.15, -0.1) is 0 Å². The molecule has 0 radical (unpaired) electrons. The van der Waals surface area contributed by atoms with Crippen LogP contribution in [0.2, 0.25) is 0 Å². The summed E-state index contributed by atoms with van der Waals surface area (Å²) in [6.07, 6.45) is 5.62. The molecule has 0 aliphatic rings. The molecule has 0 saturated heterocycles. The van der Waals surface area contributed by atoms with E-state index in [2.05, 4.69) is 15.4 Å². The molecule has 1 atom stereocenters. The molecule has 0 fully saturated rings. The zero-order valence-corrected chi connectivity index (χ0v) is 11.8. The maximum atomic E-state index is 11.4. The quantitative estimate of drug-likeness (QED) is 0.902. The highest BCUT2D eigenvalue weighted by atomic mass is 32.2. The molecule has 2 heterocycles. The third kappa shape index (κ3) is 2.99. The van der Waals surface area contributed by atoms with Crippen LogP contribution < -0.4 is 5.32 Å². The van der Waals surface area contributed by atoms with Crippen molar-refractivity contribution in [3.8, 4) is 5.82 Å². The van der Waals surface area contributed by atoms with Crippen molar-refractivity contribution in [2.75, 3.05) is 13.3 Å². The van der Waals surface area contributed by atoms with E-state index in [1.165, 1.54) is 17.1 Å². The Hall–Kier alpha value is -1.73. The summed E-state index contributed by atoms with van der Waals surface area (Å²) in [4.78, 5) is 4.38. The molecule has 0 spiro atoms. The molecule has 6 nitrogen and oxygen atoms in total. The highest BCUT2D eigenvalue weighted by Gasteiger charge is 2.12. The molecule has 19 heavy (non-hydrogen) atoms. The van der Waals surface area contributed by atoms with E-state index in [-0.39, 0.29) is 10.9 Å². The summed E-state index contributed by atoms with van der Waals surface area (Å²) >= 11 is 0. The van der Waals surface area contributed by atoms with Crippen molar-refractivity contribution in [2.45, 2.75) is 17.9 Å². The number of rotatable bonds is 4. The number of nitrogens with zero attached hydrogens (tertiary/aromatic N) is 3. The molecule has 2 rings (SSSR count). The van der Waals surface area contributed by atoms with Crippen molar-refractivity contribution in [1.29, 1.82) is 0 Å². The third-order valence-corrected chi connectivity index (χ3v) is 3.99. The number of hydrogen-bond acceptors (Lipinski definition) is 5. The first-order valence-electron chi connectivity index (χ1n) is 5.80. The monoisotopic (exact) mass is 280 g/mol. The van der Waals surface area contributed by atoms with E-state index >= 15 is 0 Å². The number of sulfone groups is 1. The predicted octanol–water partition coefficient (Wildman–Crippen LogP) is 0.951. The fourth-order valence-corrected chi connectivity index (χ4v) is 2.15. The Labute approximate surface area is 112 Å². The summed E-state index contributed by atoms with van der Waals surface area (Å²) in [5, 5.41) is 7.17. The van der Waals surface area contributed by atoms with Gasteiger partial charge in [-0.1, -0.05) is 0 Å². The number of hydrogen-bond donors (Lipinski definition) is 1. The first kappa shape index (κ1) is 13.7. The van der Waals surface area contributed by atoms with E-state index in [9.17, 15) is 8.42 Å². The zero-order valence-electron chi connectivity index (χ0n) is 11.0. The largest absolute Gasteiger partial charge is 0.313 e. The lowest BCUT2D eigenvalue weighted by Gasteiger charge is -2.11. The Morgan fingerprint density at radius 3 is 2.74 bits per heavy atom. The lowest BCUT2D eigenvalue weighted by molar-refractivity contribution is 0.602. The second-order valence-electron chi connectivity index (χ2n) is 4.35. The summed E-state index contributed by atoms with van der Waals surface area (Å²) in [6, 6.07) is 3.97. The Bertz CT molecular complexity index is 679. The molecule has 0 bridgehead atoms. The van der Waals surface area contributed by atoms with Crippen molar-refractivity contribution in [3.05, 3.63) is 36.3 Å². The molecule has 0 amide bonds. The zero-order chi connectivity index (χ0) is 14.0. The van der Waals surface area contributed by atoms with Crippen molar-refractivity contribution >= 4 is 9.84 Å². The first-order chi connectivity index (χ1) is 8.91. The minimum atomic E-state index is -3.24. The van der Waals surface area contributed by atoms with Crippen LogP contribution in [-0.2, 0) is 9.84 Å². The molecule has 0 aromatic carbocycles. The van der Waals surface area contributed by atoms with Gasteiger partial charge in [0.05, 0.1) is 12.4 Å². The van der Waals surface area contributed by atoms with Crippen LogP contribution in [-0.4, -0.2) is 36.5 Å². The van der Waals surface area contributed by atoms with Gasteiger partial charge in [0, 0.05) is 18.5 Å². The molecule has 2 aromatic rings. The molecule has 1 unspecified atom stereocenters. The Balaban J connectivity index is 2.40. The molecular weight excluding hydrogens is 264 g/mol. The summed E-state index contributed by atoms with van der Waals surface area (Å²) < 4.78 is 24.3. The normalized spacial score (nSPS) is 13.4. The second-order valence-corrected chi connectivity index (χ2v) is 6.37. The van der Waals surface area contributed by atoms with E-state index < -0.39 is 9.84 Å². The number of aromatic nitrogens is 3. The number of pyridine rings is 1. The molecule has 0 aliphatic heterocycles. The van der Waals surface area contributed by atoms with E-state index in [4.69, 9.17) is 0 Å². The molecule has 102 valence electrons.